The van der Waals surface area contributed by atoms with Gasteiger partial charge in [-0.3, -0.25) is 14.4 Å². The van der Waals surface area contributed by atoms with Crippen molar-refractivity contribution in [2.75, 3.05) is 31.8 Å². The van der Waals surface area contributed by atoms with Gasteiger partial charge in [-0.25, -0.2) is 0 Å². The largest absolute Gasteiger partial charge is 0.458 e. The van der Waals surface area contributed by atoms with Gasteiger partial charge in [-0.1, -0.05) is 47.1 Å². The Balaban J connectivity index is 1.36. The van der Waals surface area contributed by atoms with Crippen molar-refractivity contribution in [3.05, 3.63) is 23.8 Å². The molecule has 4 aliphatic rings. The first-order valence-electron chi connectivity index (χ1n) is 13.3. The molecule has 7 nitrogen and oxygen atoms in total. The van der Waals surface area contributed by atoms with E-state index in [1.54, 1.807) is 40.8 Å². The molecule has 7 atom stereocenters. The van der Waals surface area contributed by atoms with Gasteiger partial charge in [0.1, 0.15) is 5.60 Å². The van der Waals surface area contributed by atoms with Gasteiger partial charge < -0.3 is 19.7 Å². The fourth-order valence-corrected chi connectivity index (χ4v) is 9.63. The third-order valence-electron chi connectivity index (χ3n) is 9.54. The summed E-state index contributed by atoms with van der Waals surface area (Å²) < 4.78 is 10.3. The van der Waals surface area contributed by atoms with E-state index in [-0.39, 0.29) is 30.0 Å². The number of hydrogen-bond donors (Lipinski definition) is 2. The van der Waals surface area contributed by atoms with Crippen LogP contribution in [0.4, 0.5) is 0 Å². The molecule has 2 N–H and O–H groups in total. The van der Waals surface area contributed by atoms with Crippen LogP contribution in [0.25, 0.3) is 0 Å². The van der Waals surface area contributed by atoms with Gasteiger partial charge >= 0.3 is 5.97 Å². The number of esters is 1. The molecule has 3 saturated carbocycles. The first kappa shape index (κ1) is 28.9. The van der Waals surface area contributed by atoms with E-state index in [1.807, 2.05) is 13.0 Å². The van der Waals surface area contributed by atoms with Crippen molar-refractivity contribution in [2.45, 2.75) is 70.5 Å². The number of aliphatic hydroxyl groups is 2. The Hall–Kier alpha value is -1.13. The standard InChI is InChI=1S/C28H40O7S2/c1-26-10-8-19(29)15-18(26)6-7-20-21-9-11-28(33,27(21,2)16-22(30)25(20)26)23(31)17-35-24(32)5-4-13-36-37-14-12-34-3/h8,10,15,20-22,25,30,33H,4-7,9,11-14,16-17H2,1-3H3/t20-,21-,22-,25+,26-,27-,28-/m0/s1. The number of carbonyl (C=O) groups excluding carboxylic acids is 3. The minimum absolute atomic E-state index is 0.00355. The summed E-state index contributed by atoms with van der Waals surface area (Å²) in [5.74, 6) is 0.947. The van der Waals surface area contributed by atoms with Crippen LogP contribution < -0.4 is 0 Å². The molecule has 0 spiro atoms. The molecule has 4 rings (SSSR count). The predicted octanol–water partition coefficient (Wildman–Crippen LogP) is 3.92. The number of carbonyl (C=O) groups is 3. The van der Waals surface area contributed by atoms with E-state index in [2.05, 4.69) is 6.92 Å². The topological polar surface area (TPSA) is 110 Å². The molecule has 0 saturated heterocycles. The maximum absolute atomic E-state index is 13.3. The van der Waals surface area contributed by atoms with Crippen LogP contribution in [-0.2, 0) is 23.9 Å². The quantitative estimate of drug-likeness (QED) is 0.224. The summed E-state index contributed by atoms with van der Waals surface area (Å²) in [5.41, 5.74) is -1.74. The van der Waals surface area contributed by atoms with Crippen LogP contribution in [0.5, 0.6) is 0 Å². The van der Waals surface area contributed by atoms with Crippen molar-refractivity contribution in [3.63, 3.8) is 0 Å². The lowest BCUT2D eigenvalue weighted by atomic mass is 9.46. The van der Waals surface area contributed by atoms with E-state index in [1.165, 1.54) is 0 Å². The van der Waals surface area contributed by atoms with E-state index >= 15 is 0 Å². The summed E-state index contributed by atoms with van der Waals surface area (Å²) in [6, 6.07) is 0. The van der Waals surface area contributed by atoms with Crippen molar-refractivity contribution >= 4 is 39.1 Å². The number of methoxy groups -OCH3 is 1. The van der Waals surface area contributed by atoms with Crippen LogP contribution in [0.1, 0.15) is 58.8 Å². The molecule has 0 heterocycles. The van der Waals surface area contributed by atoms with Gasteiger partial charge in [-0.05, 0) is 62.5 Å². The molecule has 37 heavy (non-hydrogen) atoms. The first-order valence-corrected chi connectivity index (χ1v) is 15.8. The highest BCUT2D eigenvalue weighted by atomic mass is 33.1. The highest BCUT2D eigenvalue weighted by Crippen LogP contribution is 2.67. The normalized spacial score (nSPS) is 38.4. The minimum atomic E-state index is -1.63. The fraction of sp³-hybridized carbons (Fsp3) is 0.750. The SMILES string of the molecule is COCCSSCCCC(=O)OCC(=O)[C@@]1(O)CC[C@H]2[C@@H]3CCC4=CC(=O)C=C[C@]4(C)[C@H]3[C@@H](O)C[C@@]21C. The molecule has 0 amide bonds. The Morgan fingerprint density at radius 1 is 1.19 bits per heavy atom. The average Bonchev–Trinajstić information content (AvgIpc) is 3.13. The van der Waals surface area contributed by atoms with Crippen molar-refractivity contribution < 1.29 is 34.1 Å². The smallest absolute Gasteiger partial charge is 0.306 e. The third-order valence-corrected chi connectivity index (χ3v) is 12.0. The zero-order valence-electron chi connectivity index (χ0n) is 22.1. The number of aliphatic hydroxyl groups excluding tert-OH is 1. The number of hydrogen-bond acceptors (Lipinski definition) is 9. The van der Waals surface area contributed by atoms with Crippen molar-refractivity contribution in [1.82, 2.24) is 0 Å². The average molecular weight is 553 g/mol. The Morgan fingerprint density at radius 3 is 2.70 bits per heavy atom. The lowest BCUT2D eigenvalue weighted by molar-refractivity contribution is -0.181. The van der Waals surface area contributed by atoms with E-state index in [9.17, 15) is 24.6 Å². The lowest BCUT2D eigenvalue weighted by Gasteiger charge is -2.59. The predicted molar refractivity (Wildman–Crippen MR) is 145 cm³/mol. The second-order valence-electron chi connectivity index (χ2n) is 11.4. The Bertz CT molecular complexity index is 964. The molecule has 3 fully saturated rings. The molecule has 0 unspecified atom stereocenters. The molecule has 0 bridgehead atoms. The summed E-state index contributed by atoms with van der Waals surface area (Å²) in [4.78, 5) is 37.5. The van der Waals surface area contributed by atoms with Crippen molar-refractivity contribution in [3.8, 4) is 0 Å². The van der Waals surface area contributed by atoms with Gasteiger partial charge in [-0.2, -0.15) is 0 Å². The summed E-state index contributed by atoms with van der Waals surface area (Å²) in [6.07, 6.45) is 8.37. The Labute approximate surface area is 227 Å². The summed E-state index contributed by atoms with van der Waals surface area (Å²) in [7, 11) is 5.05. The number of ketones is 2. The highest BCUT2D eigenvalue weighted by Gasteiger charge is 2.68. The van der Waals surface area contributed by atoms with Crippen LogP contribution >= 0.6 is 21.6 Å². The molecule has 0 aromatic carbocycles. The van der Waals surface area contributed by atoms with E-state index < -0.39 is 40.9 Å². The lowest BCUT2D eigenvalue weighted by Crippen LogP contribution is -2.61. The molecule has 4 aliphatic carbocycles. The minimum Gasteiger partial charge on any atom is -0.458 e. The molecule has 0 aromatic rings. The zero-order chi connectivity index (χ0) is 26.8. The highest BCUT2D eigenvalue weighted by molar-refractivity contribution is 8.76. The molecule has 0 aliphatic heterocycles. The molecule has 0 aromatic heterocycles. The number of ether oxygens (including phenoxy) is 2. The summed E-state index contributed by atoms with van der Waals surface area (Å²) in [5, 5.41) is 23.2. The fourth-order valence-electron chi connectivity index (χ4n) is 7.64. The van der Waals surface area contributed by atoms with Crippen molar-refractivity contribution in [1.29, 1.82) is 0 Å². The summed E-state index contributed by atoms with van der Waals surface area (Å²) >= 11 is 0. The second-order valence-corrected chi connectivity index (χ2v) is 14.1. The Kier molecular flexibility index (Phi) is 9.01. The van der Waals surface area contributed by atoms with Gasteiger partial charge in [-0.15, -0.1) is 0 Å². The van der Waals surface area contributed by atoms with E-state index in [4.69, 9.17) is 9.47 Å². The van der Waals surface area contributed by atoms with Crippen LogP contribution in [0.3, 0.4) is 0 Å². The molecular formula is C28H40O7S2. The Morgan fingerprint density at radius 2 is 1.95 bits per heavy atom. The second kappa shape index (κ2) is 11.5. The number of rotatable bonds is 11. The molecule has 206 valence electrons. The van der Waals surface area contributed by atoms with E-state index in [0.717, 1.165) is 29.9 Å². The third kappa shape index (κ3) is 5.36. The van der Waals surface area contributed by atoms with Gasteiger partial charge in [0.2, 0.25) is 5.78 Å². The van der Waals surface area contributed by atoms with Crippen LogP contribution in [0, 0.1) is 28.6 Å². The molecular weight excluding hydrogens is 512 g/mol. The van der Waals surface area contributed by atoms with Crippen molar-refractivity contribution in [2.24, 2.45) is 28.6 Å². The van der Waals surface area contributed by atoms with Crippen LogP contribution in [-0.4, -0.2) is 71.3 Å². The van der Waals surface area contributed by atoms with Gasteiger partial charge in [0.05, 0.1) is 12.7 Å². The zero-order valence-corrected chi connectivity index (χ0v) is 23.7. The molecule has 9 heteroatoms. The van der Waals surface area contributed by atoms with Gasteiger partial charge in [0, 0.05) is 41.8 Å². The number of Topliss-reactive ketones (excluding diaryl/α,β-unsaturated/α-hetero) is 1. The first-order chi connectivity index (χ1) is 17.6. The van der Waals surface area contributed by atoms with Gasteiger partial charge in [0.25, 0.3) is 0 Å². The van der Waals surface area contributed by atoms with Gasteiger partial charge in [0.15, 0.2) is 12.4 Å². The number of allylic oxidation sites excluding steroid dienone is 4. The number of fused-ring (bicyclic) bond motifs is 5. The maximum Gasteiger partial charge on any atom is 0.306 e. The monoisotopic (exact) mass is 552 g/mol. The van der Waals surface area contributed by atoms with Crippen LogP contribution in [0.15, 0.2) is 23.8 Å². The maximum atomic E-state index is 13.3. The van der Waals surface area contributed by atoms with Crippen LogP contribution in [0.2, 0.25) is 0 Å². The van der Waals surface area contributed by atoms with E-state index in [0.29, 0.717) is 32.3 Å². The summed E-state index contributed by atoms with van der Waals surface area (Å²) in [6.45, 7) is 4.29. The molecule has 0 radical (unpaired) electrons.